The van der Waals surface area contributed by atoms with Gasteiger partial charge in [0, 0.05) is 10.9 Å². The third-order valence-corrected chi connectivity index (χ3v) is 3.78. The Balaban J connectivity index is 2.25. The minimum Gasteiger partial charge on any atom is -0.465 e. The van der Waals surface area contributed by atoms with Crippen molar-refractivity contribution in [2.24, 2.45) is 0 Å². The molecule has 4 nitrogen and oxygen atoms in total. The van der Waals surface area contributed by atoms with Crippen LogP contribution in [0, 0.1) is 11.6 Å². The lowest BCUT2D eigenvalue weighted by atomic mass is 9.96. The number of carbonyl (C=O) groups is 1. The Morgan fingerprint density at radius 3 is 2.58 bits per heavy atom. The van der Waals surface area contributed by atoms with Gasteiger partial charge >= 0.3 is 5.97 Å². The molecule has 0 spiro atoms. The second-order valence-electron chi connectivity index (χ2n) is 5.27. The highest BCUT2D eigenvalue weighted by Gasteiger charge is 2.20. The fourth-order valence-electron chi connectivity index (χ4n) is 2.67. The Labute approximate surface area is 135 Å². The van der Waals surface area contributed by atoms with Crippen molar-refractivity contribution in [3.05, 3.63) is 81.1 Å². The van der Waals surface area contributed by atoms with Crippen LogP contribution in [0.5, 0.6) is 0 Å². The number of pyridine rings is 1. The van der Waals surface area contributed by atoms with Gasteiger partial charge in [-0.15, -0.1) is 0 Å². The summed E-state index contributed by atoms with van der Waals surface area (Å²) in [5.41, 5.74) is 0.675. The molecule has 0 saturated carbocycles. The van der Waals surface area contributed by atoms with Crippen LogP contribution >= 0.6 is 0 Å². The molecule has 1 aromatic heterocycles. The Kier molecular flexibility index (Phi) is 4.12. The number of nitrogens with one attached hydrogen (secondary N) is 1. The van der Waals surface area contributed by atoms with E-state index in [1.54, 1.807) is 24.3 Å². The van der Waals surface area contributed by atoms with E-state index >= 15 is 0 Å². The van der Waals surface area contributed by atoms with Crippen LogP contribution in [0.4, 0.5) is 8.78 Å². The van der Waals surface area contributed by atoms with Crippen molar-refractivity contribution < 1.29 is 18.3 Å². The van der Waals surface area contributed by atoms with E-state index in [2.05, 4.69) is 4.98 Å². The number of halogens is 2. The second-order valence-corrected chi connectivity index (χ2v) is 5.27. The molecule has 0 fully saturated rings. The van der Waals surface area contributed by atoms with Crippen LogP contribution in [0.25, 0.3) is 10.9 Å². The lowest BCUT2D eigenvalue weighted by Crippen LogP contribution is -2.22. The SMILES string of the molecule is COC(=O)c1c(Cc2ccc(F)c(F)c2)c2ccccc2[nH]c1=O. The molecule has 0 aliphatic heterocycles. The fraction of sp³-hybridized carbons (Fsp3) is 0.111. The molecular formula is C18H13F2NO3. The molecule has 0 bridgehead atoms. The second kappa shape index (κ2) is 6.23. The standard InChI is InChI=1S/C18H13F2NO3/c1-24-18(23)16-12(8-10-6-7-13(19)14(20)9-10)11-4-2-3-5-15(11)21-17(16)22/h2-7,9H,8H2,1H3,(H,21,22). The number of rotatable bonds is 3. The topological polar surface area (TPSA) is 59.2 Å². The van der Waals surface area contributed by atoms with Crippen molar-refractivity contribution in [1.82, 2.24) is 4.98 Å². The maximum atomic E-state index is 13.5. The third-order valence-electron chi connectivity index (χ3n) is 3.78. The summed E-state index contributed by atoms with van der Waals surface area (Å²) in [4.78, 5) is 26.9. The van der Waals surface area contributed by atoms with E-state index < -0.39 is 23.2 Å². The molecule has 1 N–H and O–H groups in total. The molecule has 0 atom stereocenters. The van der Waals surface area contributed by atoms with Crippen LogP contribution in [0.1, 0.15) is 21.5 Å². The van der Waals surface area contributed by atoms with Crippen LogP contribution in [0.2, 0.25) is 0 Å². The Hall–Kier alpha value is -3.02. The number of hydrogen-bond donors (Lipinski definition) is 1. The molecule has 24 heavy (non-hydrogen) atoms. The molecule has 2 aromatic carbocycles. The summed E-state index contributed by atoms with van der Waals surface area (Å²) in [6, 6.07) is 10.4. The molecule has 0 aliphatic rings. The summed E-state index contributed by atoms with van der Waals surface area (Å²) in [6.45, 7) is 0. The average Bonchev–Trinajstić information content (AvgIpc) is 2.57. The van der Waals surface area contributed by atoms with Crippen molar-refractivity contribution in [2.75, 3.05) is 7.11 Å². The molecule has 3 rings (SSSR count). The Bertz CT molecular complexity index is 995. The predicted octanol–water partition coefficient (Wildman–Crippen LogP) is 3.18. The van der Waals surface area contributed by atoms with Gasteiger partial charge in [0.2, 0.25) is 0 Å². The van der Waals surface area contributed by atoms with Crippen molar-refractivity contribution in [3.8, 4) is 0 Å². The minimum absolute atomic E-state index is 0.0894. The highest BCUT2D eigenvalue weighted by atomic mass is 19.2. The monoisotopic (exact) mass is 329 g/mol. The van der Waals surface area contributed by atoms with E-state index in [1.807, 2.05) is 0 Å². The highest BCUT2D eigenvalue weighted by molar-refractivity contribution is 5.97. The molecule has 0 saturated heterocycles. The quantitative estimate of drug-likeness (QED) is 0.751. The minimum atomic E-state index is -0.985. The number of ether oxygens (including phenoxy) is 1. The predicted molar refractivity (Wildman–Crippen MR) is 85.1 cm³/mol. The van der Waals surface area contributed by atoms with Crippen molar-refractivity contribution in [2.45, 2.75) is 6.42 Å². The van der Waals surface area contributed by atoms with Crippen LogP contribution in [-0.4, -0.2) is 18.1 Å². The highest BCUT2D eigenvalue weighted by Crippen LogP contribution is 2.23. The van der Waals surface area contributed by atoms with Crippen molar-refractivity contribution in [3.63, 3.8) is 0 Å². The molecule has 1 heterocycles. The van der Waals surface area contributed by atoms with E-state index in [-0.39, 0.29) is 12.0 Å². The zero-order valence-corrected chi connectivity index (χ0v) is 12.7. The number of esters is 1. The molecule has 0 aliphatic carbocycles. The van der Waals surface area contributed by atoms with E-state index in [4.69, 9.17) is 4.74 Å². The zero-order valence-electron chi connectivity index (χ0n) is 12.7. The summed E-state index contributed by atoms with van der Waals surface area (Å²) < 4.78 is 31.3. The largest absolute Gasteiger partial charge is 0.465 e. The summed E-state index contributed by atoms with van der Waals surface area (Å²) in [6.07, 6.45) is 0.0894. The van der Waals surface area contributed by atoms with Gasteiger partial charge in [-0.25, -0.2) is 13.6 Å². The maximum absolute atomic E-state index is 13.5. The first-order valence-corrected chi connectivity index (χ1v) is 7.17. The lowest BCUT2D eigenvalue weighted by Gasteiger charge is -2.11. The van der Waals surface area contributed by atoms with Gasteiger partial charge in [-0.05, 0) is 35.7 Å². The van der Waals surface area contributed by atoms with Gasteiger partial charge in [-0.1, -0.05) is 24.3 Å². The van der Waals surface area contributed by atoms with Gasteiger partial charge in [-0.3, -0.25) is 4.79 Å². The van der Waals surface area contributed by atoms with Crippen molar-refractivity contribution in [1.29, 1.82) is 0 Å². The normalized spacial score (nSPS) is 10.8. The molecule has 0 amide bonds. The van der Waals surface area contributed by atoms with E-state index in [9.17, 15) is 18.4 Å². The number of H-pyrrole nitrogens is 1. The van der Waals surface area contributed by atoms with E-state index in [1.165, 1.54) is 13.2 Å². The van der Waals surface area contributed by atoms with Gasteiger partial charge in [0.1, 0.15) is 5.56 Å². The molecule has 122 valence electrons. The Morgan fingerprint density at radius 1 is 1.12 bits per heavy atom. The number of fused-ring (bicyclic) bond motifs is 1. The van der Waals surface area contributed by atoms with Gasteiger partial charge in [0.15, 0.2) is 11.6 Å². The summed E-state index contributed by atoms with van der Waals surface area (Å²) in [7, 11) is 1.18. The first-order chi connectivity index (χ1) is 11.5. The van der Waals surface area contributed by atoms with Crippen LogP contribution in [0.15, 0.2) is 47.3 Å². The number of methoxy groups -OCH3 is 1. The van der Waals surface area contributed by atoms with Gasteiger partial charge in [0.25, 0.3) is 5.56 Å². The number of carbonyl (C=O) groups excluding carboxylic acids is 1. The average molecular weight is 329 g/mol. The first kappa shape index (κ1) is 15.9. The number of hydrogen-bond acceptors (Lipinski definition) is 3. The zero-order chi connectivity index (χ0) is 17.3. The smallest absolute Gasteiger partial charge is 0.343 e. The van der Waals surface area contributed by atoms with Gasteiger partial charge in [-0.2, -0.15) is 0 Å². The van der Waals surface area contributed by atoms with Crippen molar-refractivity contribution >= 4 is 16.9 Å². The molecular weight excluding hydrogens is 316 g/mol. The van der Waals surface area contributed by atoms with Gasteiger partial charge < -0.3 is 9.72 Å². The van der Waals surface area contributed by atoms with Gasteiger partial charge in [0.05, 0.1) is 7.11 Å². The number of para-hydroxylation sites is 1. The number of benzene rings is 2. The Morgan fingerprint density at radius 2 is 1.88 bits per heavy atom. The number of aromatic nitrogens is 1. The molecule has 6 heteroatoms. The maximum Gasteiger partial charge on any atom is 0.343 e. The van der Waals surface area contributed by atoms with E-state index in [0.29, 0.717) is 22.0 Å². The summed E-state index contributed by atoms with van der Waals surface area (Å²) in [5, 5.41) is 0.641. The first-order valence-electron chi connectivity index (χ1n) is 7.17. The molecule has 3 aromatic rings. The fourth-order valence-corrected chi connectivity index (χ4v) is 2.67. The van der Waals surface area contributed by atoms with E-state index in [0.717, 1.165) is 12.1 Å². The summed E-state index contributed by atoms with van der Waals surface area (Å²) in [5.74, 6) is -2.72. The number of aromatic amines is 1. The molecule has 0 radical (unpaired) electrons. The summed E-state index contributed by atoms with van der Waals surface area (Å²) >= 11 is 0. The van der Waals surface area contributed by atoms with Crippen LogP contribution < -0.4 is 5.56 Å². The lowest BCUT2D eigenvalue weighted by molar-refractivity contribution is 0.0598. The molecule has 0 unspecified atom stereocenters. The van der Waals surface area contributed by atoms with Crippen LogP contribution in [-0.2, 0) is 11.2 Å². The van der Waals surface area contributed by atoms with Crippen LogP contribution in [0.3, 0.4) is 0 Å². The third kappa shape index (κ3) is 2.78.